The van der Waals surface area contributed by atoms with Crippen LogP contribution in [0.25, 0.3) is 22.3 Å². The number of pyridine rings is 1. The Kier molecular flexibility index (Phi) is 9.05. The van der Waals surface area contributed by atoms with E-state index in [1.807, 2.05) is 66.2 Å². The van der Waals surface area contributed by atoms with E-state index < -0.39 is 12.1 Å². The molecule has 9 nitrogen and oxygen atoms in total. The second-order valence-electron chi connectivity index (χ2n) is 11.8. The number of nitrogens with zero attached hydrogens (tertiary/aromatic N) is 1. The summed E-state index contributed by atoms with van der Waals surface area (Å²) < 4.78 is 12.8. The number of phenolic OH excluding ortho intramolecular Hbond substituents is 1. The van der Waals surface area contributed by atoms with Crippen molar-refractivity contribution in [1.82, 2.24) is 9.88 Å². The van der Waals surface area contributed by atoms with E-state index in [1.54, 1.807) is 43.8 Å². The van der Waals surface area contributed by atoms with Crippen LogP contribution >= 0.6 is 0 Å². The van der Waals surface area contributed by atoms with E-state index in [0.29, 0.717) is 29.5 Å². The van der Waals surface area contributed by atoms with Crippen LogP contribution in [0.2, 0.25) is 0 Å². The van der Waals surface area contributed by atoms with Gasteiger partial charge in [0.15, 0.2) is 0 Å². The van der Waals surface area contributed by atoms with Crippen molar-refractivity contribution in [2.75, 3.05) is 25.6 Å². The van der Waals surface area contributed by atoms with Crippen molar-refractivity contribution >= 4 is 22.7 Å². The van der Waals surface area contributed by atoms with Crippen LogP contribution < -0.4 is 26.5 Å². The van der Waals surface area contributed by atoms with Crippen LogP contribution in [0.1, 0.15) is 39.9 Å². The molecule has 0 radical (unpaired) electrons. The van der Waals surface area contributed by atoms with Gasteiger partial charge in [-0.25, -0.2) is 0 Å². The van der Waals surface area contributed by atoms with E-state index in [9.17, 15) is 14.7 Å². The van der Waals surface area contributed by atoms with E-state index in [4.69, 9.17) is 15.2 Å². The number of hydrogen-bond donors (Lipinski definition) is 4. The Bertz CT molecular complexity index is 1850. The van der Waals surface area contributed by atoms with Gasteiger partial charge in [0.1, 0.15) is 23.2 Å². The number of benzene rings is 3. The smallest absolute Gasteiger partial charge is 0.261 e. The Morgan fingerprint density at radius 1 is 1.02 bits per heavy atom. The highest BCUT2D eigenvalue weighted by atomic mass is 16.5. The quantitative estimate of drug-likeness (QED) is 0.205. The number of carbonyl (C=O) groups excluding carboxylic acids is 1. The van der Waals surface area contributed by atoms with Gasteiger partial charge < -0.3 is 35.5 Å². The minimum atomic E-state index is -0.467. The van der Waals surface area contributed by atoms with Gasteiger partial charge in [-0.3, -0.25) is 9.59 Å². The average Bonchev–Trinajstić information content (AvgIpc) is 3.06. The van der Waals surface area contributed by atoms with E-state index >= 15 is 0 Å². The number of aromatic hydroxyl groups is 1. The number of phenols is 1. The second-order valence-corrected chi connectivity index (χ2v) is 11.8. The predicted octanol–water partition coefficient (Wildman–Crippen LogP) is 5.53. The Hall–Kier alpha value is -5.12. The maximum Gasteiger partial charge on any atom is 0.261 e. The van der Waals surface area contributed by atoms with Crippen molar-refractivity contribution < 1.29 is 19.4 Å². The molecule has 1 aromatic heterocycles. The first-order valence-corrected chi connectivity index (χ1v) is 15.4. The Balaban J connectivity index is 1.25. The number of amides is 1. The van der Waals surface area contributed by atoms with Gasteiger partial charge in [0.05, 0.1) is 7.11 Å². The van der Waals surface area contributed by atoms with Gasteiger partial charge in [-0.2, -0.15) is 0 Å². The molecule has 4 aromatic rings. The van der Waals surface area contributed by atoms with Crippen LogP contribution in [-0.4, -0.2) is 42.1 Å². The van der Waals surface area contributed by atoms with Crippen molar-refractivity contribution in [2.45, 2.75) is 32.5 Å². The molecule has 0 saturated carbocycles. The number of methoxy groups -OCH3 is 1. The maximum atomic E-state index is 13.7. The molecule has 3 heterocycles. The van der Waals surface area contributed by atoms with Crippen molar-refractivity contribution in [2.24, 2.45) is 11.7 Å². The Morgan fingerprint density at radius 2 is 1.74 bits per heavy atom. The van der Waals surface area contributed by atoms with Crippen LogP contribution in [-0.2, 0) is 11.3 Å². The fourth-order valence-corrected chi connectivity index (χ4v) is 5.87. The number of hydrogen-bond acceptors (Lipinski definition) is 7. The third kappa shape index (κ3) is 6.91. The van der Waals surface area contributed by atoms with Crippen LogP contribution in [0.3, 0.4) is 0 Å². The summed E-state index contributed by atoms with van der Waals surface area (Å²) in [5, 5.41) is 16.2. The number of ether oxygens (including phenoxy) is 2. The highest BCUT2D eigenvalue weighted by Gasteiger charge is 2.21. The number of allylic oxidation sites excluding steroid dienone is 2. The summed E-state index contributed by atoms with van der Waals surface area (Å²) in [7, 11) is 1.55. The van der Waals surface area contributed by atoms with Gasteiger partial charge in [-0.05, 0) is 83.9 Å². The molecule has 46 heavy (non-hydrogen) atoms. The zero-order chi connectivity index (χ0) is 32.2. The maximum absolute atomic E-state index is 13.7. The normalized spacial score (nSPS) is 16.6. The highest BCUT2D eigenvalue weighted by Crippen LogP contribution is 2.32. The molecule has 5 N–H and O–H groups in total. The summed E-state index contributed by atoms with van der Waals surface area (Å²) in [4.78, 5) is 27.3. The molecule has 0 bridgehead atoms. The predicted molar refractivity (Wildman–Crippen MR) is 181 cm³/mol. The number of aryl methyl sites for hydroxylation is 1. The molecule has 236 valence electrons. The standard InChI is InChI=1S/C37H38N4O5/c1-23-3-5-26(6-4-23)33-21-41(20-24-11-13-46-14-12-24)22-34(35(33)43)37(44)40-29-9-7-25(8-10-29)32-17-28(19-39-36(32)38)27-15-30(42)18-31(16-27)45-2/h3-10,15-19,21-22,24,36,39,42H,11-14,20,38H2,1-2H3,(H,40,44). The summed E-state index contributed by atoms with van der Waals surface area (Å²) in [6.45, 7) is 4.14. The van der Waals surface area contributed by atoms with E-state index in [1.165, 1.54) is 0 Å². The highest BCUT2D eigenvalue weighted by molar-refractivity contribution is 6.04. The van der Waals surface area contributed by atoms with Crippen molar-refractivity contribution in [3.8, 4) is 22.6 Å². The Labute approximate surface area is 268 Å². The Morgan fingerprint density at radius 3 is 2.46 bits per heavy atom. The van der Waals surface area contributed by atoms with Crippen molar-refractivity contribution in [3.63, 3.8) is 0 Å². The average molecular weight is 619 g/mol. The van der Waals surface area contributed by atoms with Crippen molar-refractivity contribution in [3.05, 3.63) is 124 Å². The summed E-state index contributed by atoms with van der Waals surface area (Å²) in [6, 6.07) is 20.1. The van der Waals surface area contributed by atoms with Gasteiger partial charge in [-0.1, -0.05) is 42.0 Å². The van der Waals surface area contributed by atoms with Crippen LogP contribution in [0.5, 0.6) is 11.5 Å². The van der Waals surface area contributed by atoms with Crippen LogP contribution in [0.15, 0.2) is 96.2 Å². The second kappa shape index (κ2) is 13.5. The first-order chi connectivity index (χ1) is 22.3. The van der Waals surface area contributed by atoms with E-state index in [2.05, 4.69) is 10.6 Å². The zero-order valence-corrected chi connectivity index (χ0v) is 26.0. The summed E-state index contributed by atoms with van der Waals surface area (Å²) >= 11 is 0. The fourth-order valence-electron chi connectivity index (χ4n) is 5.87. The minimum Gasteiger partial charge on any atom is -0.508 e. The molecular weight excluding hydrogens is 580 g/mol. The molecule has 1 unspecified atom stereocenters. The van der Waals surface area contributed by atoms with Gasteiger partial charge in [0.25, 0.3) is 5.91 Å². The zero-order valence-electron chi connectivity index (χ0n) is 26.0. The molecule has 9 heteroatoms. The molecule has 0 aliphatic carbocycles. The van der Waals surface area contributed by atoms with Gasteiger partial charge in [0.2, 0.25) is 5.43 Å². The molecule has 6 rings (SSSR count). The molecule has 1 saturated heterocycles. The summed E-state index contributed by atoms with van der Waals surface area (Å²) in [5.74, 6) is 0.580. The largest absolute Gasteiger partial charge is 0.508 e. The fraction of sp³-hybridized carbons (Fsp3) is 0.243. The molecule has 2 aliphatic rings. The van der Waals surface area contributed by atoms with Gasteiger partial charge in [-0.15, -0.1) is 0 Å². The molecule has 2 aliphatic heterocycles. The van der Waals surface area contributed by atoms with Gasteiger partial charge in [0, 0.05) is 55.7 Å². The minimum absolute atomic E-state index is 0.0896. The lowest BCUT2D eigenvalue weighted by molar-refractivity contribution is 0.0612. The molecule has 0 spiro atoms. The lowest BCUT2D eigenvalue weighted by atomic mass is 9.95. The molecule has 3 aromatic carbocycles. The first kappa shape index (κ1) is 30.9. The lowest BCUT2D eigenvalue weighted by Crippen LogP contribution is -2.36. The lowest BCUT2D eigenvalue weighted by Gasteiger charge is -2.24. The third-order valence-corrected chi connectivity index (χ3v) is 8.50. The number of carbonyl (C=O) groups is 1. The summed E-state index contributed by atoms with van der Waals surface area (Å²) in [6.07, 6.45) is 8.71. The van der Waals surface area contributed by atoms with E-state index in [-0.39, 0.29) is 16.7 Å². The SMILES string of the molecule is COc1cc(O)cc(C2=CNC(N)C(c3ccc(NC(=O)c4cn(CC5CCOCC5)cc(-c5ccc(C)cc5)c4=O)cc3)=C2)c1. The van der Waals surface area contributed by atoms with Crippen LogP contribution in [0, 0.1) is 12.8 Å². The molecule has 1 amide bonds. The van der Waals surface area contributed by atoms with Gasteiger partial charge >= 0.3 is 0 Å². The van der Waals surface area contributed by atoms with Crippen molar-refractivity contribution in [1.29, 1.82) is 0 Å². The number of nitrogens with one attached hydrogen (secondary N) is 2. The summed E-state index contributed by atoms with van der Waals surface area (Å²) in [5.41, 5.74) is 12.4. The topological polar surface area (TPSA) is 128 Å². The first-order valence-electron chi connectivity index (χ1n) is 15.4. The third-order valence-electron chi connectivity index (χ3n) is 8.50. The molecule has 1 atom stereocenters. The number of aromatic nitrogens is 1. The number of rotatable bonds is 8. The molecule has 1 fully saturated rings. The van der Waals surface area contributed by atoms with E-state index in [0.717, 1.165) is 59.5 Å². The van der Waals surface area contributed by atoms with Crippen LogP contribution in [0.4, 0.5) is 5.69 Å². The number of anilines is 1. The molecular formula is C37H38N4O5. The number of nitrogens with two attached hydrogens (primary N) is 1. The monoisotopic (exact) mass is 618 g/mol. The number of dihydropyridines is 1.